The monoisotopic (exact) mass is 551 g/mol. The molecule has 2 fully saturated rings. The molecule has 10 nitrogen and oxygen atoms in total. The van der Waals surface area contributed by atoms with Crippen molar-refractivity contribution in [3.8, 4) is 5.69 Å². The van der Waals surface area contributed by atoms with Gasteiger partial charge in [-0.25, -0.2) is 9.59 Å². The quantitative estimate of drug-likeness (QED) is 0.521. The van der Waals surface area contributed by atoms with Crippen LogP contribution in [0.5, 0.6) is 0 Å². The van der Waals surface area contributed by atoms with Crippen LogP contribution in [0.1, 0.15) is 58.4 Å². The maximum Gasteiger partial charge on any atom is 0.354 e. The number of carbonyl (C=O) groups is 2. The average Bonchev–Trinajstić information content (AvgIpc) is 2.93. The highest BCUT2D eigenvalue weighted by atomic mass is 16.2. The molecular formula is C30H45N7O3. The van der Waals surface area contributed by atoms with E-state index in [1.54, 1.807) is 35.9 Å². The van der Waals surface area contributed by atoms with E-state index in [1.165, 1.54) is 42.2 Å². The van der Waals surface area contributed by atoms with E-state index in [-0.39, 0.29) is 17.8 Å². The van der Waals surface area contributed by atoms with Crippen molar-refractivity contribution in [1.29, 1.82) is 0 Å². The van der Waals surface area contributed by atoms with Gasteiger partial charge in [0.2, 0.25) is 5.91 Å². The average molecular weight is 552 g/mol. The Morgan fingerprint density at radius 2 is 1.68 bits per heavy atom. The lowest BCUT2D eigenvalue weighted by molar-refractivity contribution is -0.137. The Morgan fingerprint density at radius 1 is 1.05 bits per heavy atom. The van der Waals surface area contributed by atoms with Crippen LogP contribution in [0.3, 0.4) is 0 Å². The van der Waals surface area contributed by atoms with Gasteiger partial charge >= 0.3 is 11.7 Å². The third kappa shape index (κ3) is 7.69. The zero-order valence-corrected chi connectivity index (χ0v) is 24.4. The summed E-state index contributed by atoms with van der Waals surface area (Å²) in [5, 5.41) is 2.71. The molecule has 3 amide bonds. The Balaban J connectivity index is 1.29. The van der Waals surface area contributed by atoms with Crippen molar-refractivity contribution < 1.29 is 9.59 Å². The van der Waals surface area contributed by atoms with Gasteiger partial charge in [0, 0.05) is 45.0 Å². The molecule has 3 N–H and O–H groups in total. The molecule has 1 aromatic carbocycles. The molecule has 1 saturated carbocycles. The molecule has 1 aromatic heterocycles. The fourth-order valence-corrected chi connectivity index (χ4v) is 5.62. The molecule has 2 aliphatic rings. The Kier molecular flexibility index (Phi) is 9.63. The maximum atomic E-state index is 12.8. The van der Waals surface area contributed by atoms with Crippen LogP contribution in [-0.2, 0) is 11.2 Å². The maximum absolute atomic E-state index is 12.8. The molecule has 1 saturated heterocycles. The first-order valence-corrected chi connectivity index (χ1v) is 14.5. The second-order valence-electron chi connectivity index (χ2n) is 12.1. The van der Waals surface area contributed by atoms with E-state index in [1.807, 2.05) is 12.1 Å². The summed E-state index contributed by atoms with van der Waals surface area (Å²) < 4.78 is 1.47. The number of hydrogen-bond donors (Lipinski definition) is 2. The summed E-state index contributed by atoms with van der Waals surface area (Å²) in [5.74, 6) is 0.877. The van der Waals surface area contributed by atoms with Crippen LogP contribution in [0.15, 0.2) is 41.3 Å². The number of carbonyl (C=O) groups excluding carboxylic acids is 2. The smallest absolute Gasteiger partial charge is 0.338 e. The Labute approximate surface area is 237 Å². The van der Waals surface area contributed by atoms with E-state index < -0.39 is 11.2 Å². The highest BCUT2D eigenvalue weighted by Crippen LogP contribution is 2.25. The summed E-state index contributed by atoms with van der Waals surface area (Å²) in [4.78, 5) is 47.7. The summed E-state index contributed by atoms with van der Waals surface area (Å²) >= 11 is 0. The Hall–Kier alpha value is -3.24. The standard InChI is InChI=1S/C30H45N7O3/c1-22(34(4)21-24-8-6-5-7-9-24)20-23-10-12-25(13-11-23)37-15-14-26(33-29(37)40)32-28(39)36-18-16-35(17-19-36)27(38)30(2,3)31/h10-15,22,24H,5-9,16-21,31H2,1-4H3,(H,32,33,39,40). The molecular weight excluding hydrogens is 506 g/mol. The molecule has 10 heteroatoms. The highest BCUT2D eigenvalue weighted by Gasteiger charge is 2.31. The predicted octanol–water partition coefficient (Wildman–Crippen LogP) is 3.09. The normalized spacial score (nSPS) is 17.6. The number of nitrogens with one attached hydrogen (secondary N) is 1. The van der Waals surface area contributed by atoms with Gasteiger partial charge in [-0.1, -0.05) is 31.4 Å². The predicted molar refractivity (Wildman–Crippen MR) is 158 cm³/mol. The first-order valence-electron chi connectivity index (χ1n) is 14.5. The summed E-state index contributed by atoms with van der Waals surface area (Å²) in [7, 11) is 2.22. The molecule has 1 aliphatic heterocycles. The number of benzene rings is 1. The first-order chi connectivity index (χ1) is 19.0. The first kappa shape index (κ1) is 29.7. The van der Waals surface area contributed by atoms with E-state index in [9.17, 15) is 14.4 Å². The second kappa shape index (κ2) is 13.0. The second-order valence-corrected chi connectivity index (χ2v) is 12.1. The number of urea groups is 1. The molecule has 4 rings (SSSR count). The van der Waals surface area contributed by atoms with Gasteiger partial charge in [0.1, 0.15) is 5.82 Å². The summed E-state index contributed by atoms with van der Waals surface area (Å²) in [6.07, 6.45) is 9.40. The molecule has 0 radical (unpaired) electrons. The molecule has 0 spiro atoms. The van der Waals surface area contributed by atoms with E-state index >= 15 is 0 Å². The van der Waals surface area contributed by atoms with Gasteiger partial charge in [0.15, 0.2) is 0 Å². The molecule has 0 bridgehead atoms. The fraction of sp³-hybridized carbons (Fsp3) is 0.600. The largest absolute Gasteiger partial charge is 0.354 e. The lowest BCUT2D eigenvalue weighted by Crippen LogP contribution is -2.58. The number of hydrogen-bond acceptors (Lipinski definition) is 6. The third-order valence-electron chi connectivity index (χ3n) is 8.21. The van der Waals surface area contributed by atoms with Crippen molar-refractivity contribution in [1.82, 2.24) is 24.3 Å². The molecule has 2 heterocycles. The number of aromatic nitrogens is 2. The van der Waals surface area contributed by atoms with Gasteiger partial charge in [-0.05, 0) is 76.8 Å². The van der Waals surface area contributed by atoms with Crippen LogP contribution >= 0.6 is 0 Å². The minimum atomic E-state index is -0.943. The lowest BCUT2D eigenvalue weighted by Gasteiger charge is -2.37. The van der Waals surface area contributed by atoms with Crippen LogP contribution in [0.25, 0.3) is 5.69 Å². The SMILES string of the molecule is CC(Cc1ccc(-n2ccc(NC(=O)N3CCN(C(=O)C(C)(C)N)CC3)nc2=O)cc1)N(C)CC1CCCCC1. The Morgan fingerprint density at radius 3 is 2.27 bits per heavy atom. The number of amides is 3. The van der Waals surface area contributed by atoms with Crippen LogP contribution in [-0.4, -0.2) is 87.5 Å². The van der Waals surface area contributed by atoms with Crippen molar-refractivity contribution in [3.05, 3.63) is 52.6 Å². The van der Waals surface area contributed by atoms with Crippen LogP contribution < -0.4 is 16.7 Å². The van der Waals surface area contributed by atoms with Crippen LogP contribution in [0, 0.1) is 5.92 Å². The number of anilines is 1. The number of rotatable bonds is 8. The third-order valence-corrected chi connectivity index (χ3v) is 8.21. The minimum absolute atomic E-state index is 0.137. The van der Waals surface area contributed by atoms with Gasteiger partial charge < -0.3 is 20.4 Å². The van der Waals surface area contributed by atoms with Crippen molar-refractivity contribution in [2.75, 3.05) is 45.1 Å². The van der Waals surface area contributed by atoms with E-state index in [4.69, 9.17) is 5.73 Å². The van der Waals surface area contributed by atoms with Crippen LogP contribution in [0.4, 0.5) is 10.6 Å². The molecule has 1 unspecified atom stereocenters. The molecule has 40 heavy (non-hydrogen) atoms. The van der Waals surface area contributed by atoms with Crippen LogP contribution in [0.2, 0.25) is 0 Å². The van der Waals surface area contributed by atoms with Crippen molar-refractivity contribution in [3.63, 3.8) is 0 Å². The van der Waals surface area contributed by atoms with Gasteiger partial charge in [-0.3, -0.25) is 14.7 Å². The molecule has 2 aromatic rings. The van der Waals surface area contributed by atoms with Gasteiger partial charge in [-0.15, -0.1) is 0 Å². The topological polar surface area (TPSA) is 117 Å². The van der Waals surface area contributed by atoms with Gasteiger partial charge in [0.25, 0.3) is 0 Å². The van der Waals surface area contributed by atoms with Crippen molar-refractivity contribution in [2.45, 2.75) is 70.9 Å². The molecule has 1 atom stereocenters. The zero-order valence-electron chi connectivity index (χ0n) is 24.4. The van der Waals surface area contributed by atoms with E-state index in [0.29, 0.717) is 32.2 Å². The lowest BCUT2D eigenvalue weighted by atomic mass is 9.88. The zero-order chi connectivity index (χ0) is 28.9. The minimum Gasteiger partial charge on any atom is -0.338 e. The number of likely N-dealkylation sites (N-methyl/N-ethyl adjacent to an activating group) is 1. The van der Waals surface area contributed by atoms with Crippen molar-refractivity contribution >= 4 is 17.8 Å². The van der Waals surface area contributed by atoms with Gasteiger partial charge in [-0.2, -0.15) is 4.98 Å². The van der Waals surface area contributed by atoms with Crippen molar-refractivity contribution in [2.24, 2.45) is 11.7 Å². The number of piperazine rings is 1. The summed E-state index contributed by atoms with van der Waals surface area (Å²) in [6.45, 7) is 8.37. The molecule has 1 aliphatic carbocycles. The van der Waals surface area contributed by atoms with E-state index in [0.717, 1.165) is 24.6 Å². The summed E-state index contributed by atoms with van der Waals surface area (Å²) in [5.41, 5.74) is 6.46. The summed E-state index contributed by atoms with van der Waals surface area (Å²) in [6, 6.07) is 9.72. The van der Waals surface area contributed by atoms with Gasteiger partial charge in [0.05, 0.1) is 11.2 Å². The highest BCUT2D eigenvalue weighted by molar-refractivity contribution is 5.89. The number of nitrogens with zero attached hydrogens (tertiary/aromatic N) is 5. The fourth-order valence-electron chi connectivity index (χ4n) is 5.62. The Bertz CT molecular complexity index is 1210. The molecule has 218 valence electrons. The number of nitrogens with two attached hydrogens (primary N) is 1. The van der Waals surface area contributed by atoms with E-state index in [2.05, 4.69) is 41.3 Å².